The van der Waals surface area contributed by atoms with Crippen molar-refractivity contribution in [3.63, 3.8) is 0 Å². The first-order valence-electron chi connectivity index (χ1n) is 8.62. The summed E-state index contributed by atoms with van der Waals surface area (Å²) in [5.74, 6) is 0.925. The molecule has 1 N–H and O–H groups in total. The third-order valence-corrected chi connectivity index (χ3v) is 4.34. The summed E-state index contributed by atoms with van der Waals surface area (Å²) < 4.78 is 5.22. The summed E-state index contributed by atoms with van der Waals surface area (Å²) in [6.07, 6.45) is 4.07. The molecule has 0 saturated heterocycles. The van der Waals surface area contributed by atoms with Gasteiger partial charge in [-0.15, -0.1) is 0 Å². The van der Waals surface area contributed by atoms with Crippen LogP contribution in [0.4, 0.5) is 0 Å². The zero-order valence-electron chi connectivity index (χ0n) is 14.8. The van der Waals surface area contributed by atoms with Gasteiger partial charge in [0.15, 0.2) is 0 Å². The fourth-order valence-corrected chi connectivity index (χ4v) is 2.89. The number of nitrogens with one attached hydrogen (secondary N) is 1. The molecule has 0 radical (unpaired) electrons. The molecule has 0 aliphatic rings. The van der Waals surface area contributed by atoms with Gasteiger partial charge < -0.3 is 10.1 Å². The van der Waals surface area contributed by atoms with Crippen molar-refractivity contribution in [3.05, 3.63) is 95.8 Å². The second-order valence-corrected chi connectivity index (χ2v) is 6.11. The topological polar surface area (TPSA) is 51.2 Å². The van der Waals surface area contributed by atoms with E-state index in [2.05, 4.69) is 34.6 Å². The van der Waals surface area contributed by atoms with E-state index < -0.39 is 0 Å². The average molecular weight is 346 g/mol. The summed E-state index contributed by atoms with van der Waals surface area (Å²) in [5, 5.41) is 3.04. The SMILES string of the molecule is COc1ccc(CC(CNC(=O)c2cccnc2)c2ccccc2)cc1. The number of hydrogen-bond donors (Lipinski definition) is 1. The largest absolute Gasteiger partial charge is 0.497 e. The summed E-state index contributed by atoms with van der Waals surface area (Å²) in [7, 11) is 1.66. The second kappa shape index (κ2) is 8.81. The van der Waals surface area contributed by atoms with Gasteiger partial charge in [-0.3, -0.25) is 9.78 Å². The molecule has 1 aromatic heterocycles. The number of nitrogens with zero attached hydrogens (tertiary/aromatic N) is 1. The highest BCUT2D eigenvalue weighted by Crippen LogP contribution is 2.22. The lowest BCUT2D eigenvalue weighted by Gasteiger charge is -2.18. The lowest BCUT2D eigenvalue weighted by molar-refractivity contribution is 0.0950. The predicted octanol–water partition coefficient (Wildman–Crippen LogP) is 3.85. The van der Waals surface area contributed by atoms with E-state index in [9.17, 15) is 4.79 Å². The van der Waals surface area contributed by atoms with Crippen molar-refractivity contribution in [1.82, 2.24) is 10.3 Å². The van der Waals surface area contributed by atoms with Crippen LogP contribution in [0.2, 0.25) is 0 Å². The fourth-order valence-electron chi connectivity index (χ4n) is 2.89. The summed E-state index contributed by atoms with van der Waals surface area (Å²) in [6.45, 7) is 0.559. The van der Waals surface area contributed by atoms with Gasteiger partial charge in [0, 0.05) is 24.9 Å². The first-order valence-corrected chi connectivity index (χ1v) is 8.62. The zero-order valence-corrected chi connectivity index (χ0v) is 14.8. The van der Waals surface area contributed by atoms with Crippen molar-refractivity contribution in [2.24, 2.45) is 0 Å². The first-order chi connectivity index (χ1) is 12.8. The van der Waals surface area contributed by atoms with Crippen LogP contribution in [-0.4, -0.2) is 24.5 Å². The summed E-state index contributed by atoms with van der Waals surface area (Å²) in [4.78, 5) is 16.4. The van der Waals surface area contributed by atoms with E-state index in [4.69, 9.17) is 4.74 Å². The van der Waals surface area contributed by atoms with Crippen LogP contribution < -0.4 is 10.1 Å². The number of ether oxygens (including phenoxy) is 1. The summed E-state index contributed by atoms with van der Waals surface area (Å²) in [6, 6.07) is 21.9. The van der Waals surface area contributed by atoms with Gasteiger partial charge >= 0.3 is 0 Å². The third kappa shape index (κ3) is 4.70. The Morgan fingerprint density at radius 1 is 1.04 bits per heavy atom. The molecule has 2 aromatic carbocycles. The van der Waals surface area contributed by atoms with E-state index in [0.717, 1.165) is 12.2 Å². The van der Waals surface area contributed by atoms with Crippen molar-refractivity contribution < 1.29 is 9.53 Å². The number of rotatable bonds is 7. The molecule has 3 rings (SSSR count). The number of amides is 1. The molecule has 1 heterocycles. The molecule has 26 heavy (non-hydrogen) atoms. The van der Waals surface area contributed by atoms with Crippen LogP contribution in [0, 0.1) is 0 Å². The maximum Gasteiger partial charge on any atom is 0.252 e. The molecule has 0 aliphatic heterocycles. The number of pyridine rings is 1. The molecule has 1 atom stereocenters. The van der Waals surface area contributed by atoms with E-state index in [1.807, 2.05) is 30.3 Å². The molecular weight excluding hydrogens is 324 g/mol. The molecule has 0 bridgehead atoms. The monoisotopic (exact) mass is 346 g/mol. The summed E-state index contributed by atoms with van der Waals surface area (Å²) in [5.41, 5.74) is 2.98. The minimum atomic E-state index is -0.103. The standard InChI is InChI=1S/C22H22N2O2/c1-26-21-11-9-17(10-12-21)14-20(18-6-3-2-4-7-18)16-24-22(25)19-8-5-13-23-15-19/h2-13,15,20H,14,16H2,1H3,(H,24,25). The molecule has 0 fully saturated rings. The highest BCUT2D eigenvalue weighted by Gasteiger charge is 2.15. The lowest BCUT2D eigenvalue weighted by atomic mass is 9.92. The molecule has 3 aromatic rings. The molecule has 1 unspecified atom stereocenters. The van der Waals surface area contributed by atoms with Crippen molar-refractivity contribution in [1.29, 1.82) is 0 Å². The lowest BCUT2D eigenvalue weighted by Crippen LogP contribution is -2.29. The van der Waals surface area contributed by atoms with Gasteiger partial charge in [-0.25, -0.2) is 0 Å². The van der Waals surface area contributed by atoms with E-state index in [0.29, 0.717) is 12.1 Å². The zero-order chi connectivity index (χ0) is 18.2. The predicted molar refractivity (Wildman–Crippen MR) is 102 cm³/mol. The quantitative estimate of drug-likeness (QED) is 0.707. The molecular formula is C22H22N2O2. The Balaban J connectivity index is 1.72. The molecule has 1 amide bonds. The third-order valence-electron chi connectivity index (χ3n) is 4.34. The Labute approximate surface area is 153 Å². The van der Waals surface area contributed by atoms with Crippen LogP contribution in [0.3, 0.4) is 0 Å². The van der Waals surface area contributed by atoms with Gasteiger partial charge in [-0.2, -0.15) is 0 Å². The number of hydrogen-bond acceptors (Lipinski definition) is 3. The van der Waals surface area contributed by atoms with Gasteiger partial charge in [0.2, 0.25) is 0 Å². The second-order valence-electron chi connectivity index (χ2n) is 6.11. The van der Waals surface area contributed by atoms with E-state index in [1.54, 1.807) is 31.6 Å². The van der Waals surface area contributed by atoms with Crippen LogP contribution in [0.5, 0.6) is 5.75 Å². The van der Waals surface area contributed by atoms with Crippen LogP contribution in [-0.2, 0) is 6.42 Å². The minimum absolute atomic E-state index is 0.103. The number of carbonyl (C=O) groups excluding carboxylic acids is 1. The molecule has 0 saturated carbocycles. The van der Waals surface area contributed by atoms with Crippen molar-refractivity contribution in [2.75, 3.05) is 13.7 Å². The smallest absolute Gasteiger partial charge is 0.252 e. The van der Waals surface area contributed by atoms with Gasteiger partial charge in [0.1, 0.15) is 5.75 Å². The van der Waals surface area contributed by atoms with Crippen LogP contribution >= 0.6 is 0 Å². The van der Waals surface area contributed by atoms with Gasteiger partial charge in [-0.05, 0) is 41.8 Å². The Morgan fingerprint density at radius 3 is 2.46 bits per heavy atom. The molecule has 4 nitrogen and oxygen atoms in total. The minimum Gasteiger partial charge on any atom is -0.497 e. The average Bonchev–Trinajstić information content (AvgIpc) is 2.72. The van der Waals surface area contributed by atoms with E-state index in [-0.39, 0.29) is 11.8 Å². The molecule has 0 aliphatic carbocycles. The highest BCUT2D eigenvalue weighted by atomic mass is 16.5. The molecule has 132 valence electrons. The maximum atomic E-state index is 12.3. The Morgan fingerprint density at radius 2 is 1.81 bits per heavy atom. The molecule has 4 heteroatoms. The number of methoxy groups -OCH3 is 1. The summed E-state index contributed by atoms with van der Waals surface area (Å²) >= 11 is 0. The normalized spacial score (nSPS) is 11.6. The van der Waals surface area contributed by atoms with Crippen molar-refractivity contribution >= 4 is 5.91 Å². The first kappa shape index (κ1) is 17.7. The van der Waals surface area contributed by atoms with Crippen LogP contribution in [0.1, 0.15) is 27.4 Å². The van der Waals surface area contributed by atoms with Gasteiger partial charge in [0.05, 0.1) is 12.7 Å². The number of benzene rings is 2. The van der Waals surface area contributed by atoms with Gasteiger partial charge in [-0.1, -0.05) is 42.5 Å². The molecule has 0 spiro atoms. The number of carbonyl (C=O) groups is 1. The highest BCUT2D eigenvalue weighted by molar-refractivity contribution is 5.93. The van der Waals surface area contributed by atoms with Crippen LogP contribution in [0.25, 0.3) is 0 Å². The van der Waals surface area contributed by atoms with Crippen LogP contribution in [0.15, 0.2) is 79.1 Å². The van der Waals surface area contributed by atoms with Crippen molar-refractivity contribution in [3.8, 4) is 5.75 Å². The van der Waals surface area contributed by atoms with E-state index in [1.165, 1.54) is 11.1 Å². The Kier molecular flexibility index (Phi) is 5.99. The fraction of sp³-hybridized carbons (Fsp3) is 0.182. The number of aromatic nitrogens is 1. The Bertz CT molecular complexity index is 818. The van der Waals surface area contributed by atoms with Crippen molar-refractivity contribution in [2.45, 2.75) is 12.3 Å². The maximum absolute atomic E-state index is 12.3. The Hall–Kier alpha value is -3.14. The van der Waals surface area contributed by atoms with Gasteiger partial charge in [0.25, 0.3) is 5.91 Å². The van der Waals surface area contributed by atoms with E-state index >= 15 is 0 Å².